The van der Waals surface area contributed by atoms with Crippen LogP contribution >= 0.6 is 0 Å². The van der Waals surface area contributed by atoms with E-state index < -0.39 is 6.09 Å². The number of Topliss-reactive ketones (excluding diaryl/α,β-unsaturated/α-hetero) is 1. The Morgan fingerprint density at radius 2 is 2.33 bits per heavy atom. The minimum absolute atomic E-state index is 0.00347. The fourth-order valence-electron chi connectivity index (χ4n) is 2.09. The molecule has 1 amide bonds. The van der Waals surface area contributed by atoms with Crippen molar-refractivity contribution in [2.24, 2.45) is 5.92 Å². The van der Waals surface area contributed by atoms with Gasteiger partial charge >= 0.3 is 6.09 Å². The standard InChI is InChI=1S/C8H11NO3/c10-6-2-1-5-4-9(8(11)12)7(5)3-6/h5,7H,1-4H2,(H,11,12)/t5-,7-/m0/s1. The van der Waals surface area contributed by atoms with Crippen molar-refractivity contribution in [3.05, 3.63) is 0 Å². The minimum atomic E-state index is -0.883. The van der Waals surface area contributed by atoms with E-state index >= 15 is 0 Å². The molecule has 4 heteroatoms. The van der Waals surface area contributed by atoms with Crippen molar-refractivity contribution in [2.75, 3.05) is 6.54 Å². The van der Waals surface area contributed by atoms with Gasteiger partial charge in [-0.1, -0.05) is 0 Å². The zero-order valence-electron chi connectivity index (χ0n) is 6.69. The average Bonchev–Trinajstić information content (AvgIpc) is 1.95. The summed E-state index contributed by atoms with van der Waals surface area (Å²) in [5, 5.41) is 8.67. The molecule has 1 N–H and O–H groups in total. The van der Waals surface area contributed by atoms with Crippen LogP contribution in [-0.2, 0) is 4.79 Å². The molecule has 0 unspecified atom stereocenters. The van der Waals surface area contributed by atoms with Gasteiger partial charge in [0.25, 0.3) is 0 Å². The van der Waals surface area contributed by atoms with Gasteiger partial charge in [0.15, 0.2) is 0 Å². The number of carbonyl (C=O) groups is 2. The highest BCUT2D eigenvalue weighted by atomic mass is 16.4. The highest BCUT2D eigenvalue weighted by molar-refractivity contribution is 5.81. The summed E-state index contributed by atoms with van der Waals surface area (Å²) in [7, 11) is 0. The van der Waals surface area contributed by atoms with E-state index in [1.54, 1.807) is 0 Å². The Labute approximate surface area is 70.2 Å². The fourth-order valence-corrected chi connectivity index (χ4v) is 2.09. The second-order valence-electron chi connectivity index (χ2n) is 3.54. The first kappa shape index (κ1) is 7.58. The maximum absolute atomic E-state index is 11.0. The average molecular weight is 169 g/mol. The molecule has 0 aromatic carbocycles. The first-order valence-electron chi connectivity index (χ1n) is 4.20. The van der Waals surface area contributed by atoms with Gasteiger partial charge in [0.2, 0.25) is 0 Å². The van der Waals surface area contributed by atoms with Gasteiger partial charge in [-0.15, -0.1) is 0 Å². The van der Waals surface area contributed by atoms with Gasteiger partial charge in [-0.05, 0) is 12.3 Å². The highest BCUT2D eigenvalue weighted by Crippen LogP contribution is 2.35. The Morgan fingerprint density at radius 3 is 3.00 bits per heavy atom. The zero-order valence-corrected chi connectivity index (χ0v) is 6.69. The number of ketones is 1. The predicted molar refractivity (Wildman–Crippen MR) is 40.9 cm³/mol. The number of amides is 1. The topological polar surface area (TPSA) is 57.6 Å². The monoisotopic (exact) mass is 169 g/mol. The van der Waals surface area contributed by atoms with Gasteiger partial charge in [0, 0.05) is 25.4 Å². The molecule has 0 aromatic heterocycles. The number of hydrogen-bond donors (Lipinski definition) is 1. The molecule has 1 saturated heterocycles. The van der Waals surface area contributed by atoms with Crippen molar-refractivity contribution in [1.29, 1.82) is 0 Å². The first-order chi connectivity index (χ1) is 5.68. The molecule has 0 bridgehead atoms. The van der Waals surface area contributed by atoms with Gasteiger partial charge < -0.3 is 10.0 Å². The molecule has 1 heterocycles. The third-order valence-electron chi connectivity index (χ3n) is 2.85. The highest BCUT2D eigenvalue weighted by Gasteiger charge is 2.45. The third kappa shape index (κ3) is 0.983. The maximum Gasteiger partial charge on any atom is 0.407 e. The molecule has 0 spiro atoms. The summed E-state index contributed by atoms with van der Waals surface area (Å²) in [6, 6.07) is 0.00347. The Kier molecular flexibility index (Phi) is 1.56. The van der Waals surface area contributed by atoms with Crippen molar-refractivity contribution in [2.45, 2.75) is 25.3 Å². The number of hydrogen-bond acceptors (Lipinski definition) is 2. The summed E-state index contributed by atoms with van der Waals surface area (Å²) in [5.41, 5.74) is 0. The maximum atomic E-state index is 11.0. The number of likely N-dealkylation sites (tertiary alicyclic amines) is 1. The number of rotatable bonds is 0. The zero-order chi connectivity index (χ0) is 8.72. The molecule has 2 aliphatic rings. The molecule has 12 heavy (non-hydrogen) atoms. The smallest absolute Gasteiger partial charge is 0.407 e. The molecule has 2 rings (SSSR count). The van der Waals surface area contributed by atoms with Crippen molar-refractivity contribution in [3.8, 4) is 0 Å². The number of carbonyl (C=O) groups excluding carboxylic acids is 1. The molecule has 0 radical (unpaired) electrons. The largest absolute Gasteiger partial charge is 0.465 e. The van der Waals surface area contributed by atoms with Crippen LogP contribution in [0.5, 0.6) is 0 Å². The van der Waals surface area contributed by atoms with Crippen molar-refractivity contribution in [3.63, 3.8) is 0 Å². The third-order valence-corrected chi connectivity index (χ3v) is 2.85. The summed E-state index contributed by atoms with van der Waals surface area (Å²) in [5.74, 6) is 0.668. The number of carboxylic acid groups (broad SMARTS) is 1. The van der Waals surface area contributed by atoms with E-state index in [0.717, 1.165) is 6.42 Å². The van der Waals surface area contributed by atoms with Crippen molar-refractivity contribution < 1.29 is 14.7 Å². The van der Waals surface area contributed by atoms with Crippen LogP contribution in [0.2, 0.25) is 0 Å². The predicted octanol–water partition coefficient (Wildman–Crippen LogP) is 0.718. The minimum Gasteiger partial charge on any atom is -0.465 e. The number of fused-ring (bicyclic) bond motifs is 1. The second-order valence-corrected chi connectivity index (χ2v) is 3.54. The van der Waals surface area contributed by atoms with Gasteiger partial charge in [0.1, 0.15) is 5.78 Å². The van der Waals surface area contributed by atoms with Crippen LogP contribution in [0.15, 0.2) is 0 Å². The SMILES string of the molecule is O=C1CC[C@H]2CN(C(=O)O)[C@H]2C1. The molecule has 0 aromatic rings. The van der Waals surface area contributed by atoms with Crippen LogP contribution in [0.3, 0.4) is 0 Å². The molecule has 1 saturated carbocycles. The molecule has 1 aliphatic carbocycles. The lowest BCUT2D eigenvalue weighted by Crippen LogP contribution is -2.60. The van der Waals surface area contributed by atoms with E-state index in [1.807, 2.05) is 0 Å². The molecule has 66 valence electrons. The fraction of sp³-hybridized carbons (Fsp3) is 0.750. The Balaban J connectivity index is 2.01. The number of nitrogens with zero attached hydrogens (tertiary/aromatic N) is 1. The second kappa shape index (κ2) is 2.47. The van der Waals surface area contributed by atoms with Gasteiger partial charge in [-0.25, -0.2) is 4.79 Å². The Bertz CT molecular complexity index is 236. The molecule has 4 nitrogen and oxygen atoms in total. The lowest BCUT2D eigenvalue weighted by Gasteiger charge is -2.48. The lowest BCUT2D eigenvalue weighted by atomic mass is 9.76. The molecule has 2 fully saturated rings. The molecule has 1 aliphatic heterocycles. The summed E-state index contributed by atoms with van der Waals surface area (Å²) in [6.45, 7) is 0.632. The summed E-state index contributed by atoms with van der Waals surface area (Å²) in [6.07, 6.45) is 1.09. The Hall–Kier alpha value is -1.06. The van der Waals surface area contributed by atoms with Crippen molar-refractivity contribution >= 4 is 11.9 Å². The van der Waals surface area contributed by atoms with E-state index in [0.29, 0.717) is 25.3 Å². The van der Waals surface area contributed by atoms with Gasteiger partial charge in [0.05, 0.1) is 0 Å². The van der Waals surface area contributed by atoms with Gasteiger partial charge in [-0.3, -0.25) is 4.79 Å². The summed E-state index contributed by atoms with van der Waals surface area (Å²) < 4.78 is 0. The molecular formula is C8H11NO3. The van der Waals surface area contributed by atoms with E-state index in [9.17, 15) is 9.59 Å². The normalized spacial score (nSPS) is 34.0. The van der Waals surface area contributed by atoms with Crippen LogP contribution in [0, 0.1) is 5.92 Å². The van der Waals surface area contributed by atoms with E-state index in [-0.39, 0.29) is 11.8 Å². The van der Waals surface area contributed by atoms with Crippen LogP contribution in [0.25, 0.3) is 0 Å². The van der Waals surface area contributed by atoms with Crippen molar-refractivity contribution in [1.82, 2.24) is 4.90 Å². The van der Waals surface area contributed by atoms with Crippen LogP contribution < -0.4 is 0 Å². The van der Waals surface area contributed by atoms with Crippen LogP contribution in [0.4, 0.5) is 4.79 Å². The molecular weight excluding hydrogens is 158 g/mol. The quantitative estimate of drug-likeness (QED) is 0.581. The van der Waals surface area contributed by atoms with E-state index in [1.165, 1.54) is 4.90 Å². The lowest BCUT2D eigenvalue weighted by molar-refractivity contribution is -0.126. The van der Waals surface area contributed by atoms with Crippen LogP contribution in [-0.4, -0.2) is 34.5 Å². The molecule has 2 atom stereocenters. The van der Waals surface area contributed by atoms with E-state index in [4.69, 9.17) is 5.11 Å². The summed E-state index contributed by atoms with van der Waals surface area (Å²) in [4.78, 5) is 22.9. The van der Waals surface area contributed by atoms with Gasteiger partial charge in [-0.2, -0.15) is 0 Å². The first-order valence-corrected chi connectivity index (χ1v) is 4.20. The van der Waals surface area contributed by atoms with Crippen LogP contribution in [0.1, 0.15) is 19.3 Å². The van der Waals surface area contributed by atoms with E-state index in [2.05, 4.69) is 0 Å². The Morgan fingerprint density at radius 1 is 1.58 bits per heavy atom. The summed E-state index contributed by atoms with van der Waals surface area (Å²) >= 11 is 0.